The summed E-state index contributed by atoms with van der Waals surface area (Å²) in [6.07, 6.45) is 5.38. The van der Waals surface area contributed by atoms with E-state index in [1.165, 1.54) is 10.8 Å². The number of hydrogen-bond acceptors (Lipinski definition) is 4. The summed E-state index contributed by atoms with van der Waals surface area (Å²) in [6.45, 7) is 2.01. The van der Waals surface area contributed by atoms with Crippen LogP contribution in [0.1, 0.15) is 35.3 Å². The minimum atomic E-state index is -0.366. The summed E-state index contributed by atoms with van der Waals surface area (Å²) < 4.78 is 0. The SMILES string of the molecule is C/C=C\C(=C/N)c1ccc2ccccc2c1-c1ccc(C2N=C(c3ccccc3)NC(c3ccccc3)=N2)cc1. The highest BCUT2D eigenvalue weighted by molar-refractivity contribution is 6.15. The topological polar surface area (TPSA) is 62.8 Å². The highest BCUT2D eigenvalue weighted by Crippen LogP contribution is 2.37. The summed E-state index contributed by atoms with van der Waals surface area (Å²) in [5.41, 5.74) is 13.5. The fourth-order valence-electron chi connectivity index (χ4n) is 5.14. The van der Waals surface area contributed by atoms with Crippen molar-refractivity contribution >= 4 is 28.0 Å². The Morgan fingerprint density at radius 1 is 0.675 bits per heavy atom. The minimum absolute atomic E-state index is 0.366. The monoisotopic (exact) mass is 518 g/mol. The Bertz CT molecular complexity index is 1710. The molecule has 1 aliphatic rings. The molecule has 194 valence electrons. The number of amidine groups is 2. The van der Waals surface area contributed by atoms with Gasteiger partial charge < -0.3 is 11.1 Å². The molecule has 0 saturated carbocycles. The molecular formula is C36H30N4. The summed E-state index contributed by atoms with van der Waals surface area (Å²) in [4.78, 5) is 10.0. The second-order valence-electron chi connectivity index (χ2n) is 9.64. The molecule has 0 fully saturated rings. The van der Waals surface area contributed by atoms with Gasteiger partial charge in [0.1, 0.15) is 11.7 Å². The number of nitrogens with two attached hydrogens (primary N) is 1. The molecule has 0 bridgehead atoms. The van der Waals surface area contributed by atoms with Gasteiger partial charge in [0, 0.05) is 17.3 Å². The molecule has 3 N–H and O–H groups in total. The first-order valence-corrected chi connectivity index (χ1v) is 13.5. The van der Waals surface area contributed by atoms with Gasteiger partial charge in [-0.3, -0.25) is 0 Å². The Morgan fingerprint density at radius 2 is 1.27 bits per heavy atom. The first-order valence-electron chi connectivity index (χ1n) is 13.5. The molecule has 40 heavy (non-hydrogen) atoms. The standard InChI is InChI=1S/C36H30N4/c1-2-11-30(24-37)32-23-22-25-12-9-10-17-31(25)33(32)26-18-20-29(21-19-26)36-39-34(27-13-5-3-6-14-27)38-35(40-36)28-15-7-4-8-16-28/h2-24,36H,37H2,1H3,(H,38,39,40)/b11-2-,30-24+. The van der Waals surface area contributed by atoms with Crippen molar-refractivity contribution in [2.24, 2.45) is 15.7 Å². The number of fused-ring (bicyclic) bond motifs is 1. The maximum Gasteiger partial charge on any atom is 0.169 e. The van der Waals surface area contributed by atoms with Gasteiger partial charge in [-0.15, -0.1) is 0 Å². The number of allylic oxidation sites excluding steroid dienone is 3. The van der Waals surface area contributed by atoms with E-state index in [1.807, 2.05) is 49.4 Å². The van der Waals surface area contributed by atoms with E-state index in [4.69, 9.17) is 15.7 Å². The van der Waals surface area contributed by atoms with Crippen LogP contribution in [-0.4, -0.2) is 11.7 Å². The molecule has 6 rings (SSSR count). The normalized spacial score (nSPS) is 14.2. The van der Waals surface area contributed by atoms with E-state index in [0.29, 0.717) is 0 Å². The van der Waals surface area contributed by atoms with Crippen molar-refractivity contribution in [2.75, 3.05) is 0 Å². The second-order valence-corrected chi connectivity index (χ2v) is 9.64. The van der Waals surface area contributed by atoms with Crippen molar-refractivity contribution in [3.63, 3.8) is 0 Å². The smallest absolute Gasteiger partial charge is 0.169 e. The van der Waals surface area contributed by atoms with Crippen LogP contribution >= 0.6 is 0 Å². The van der Waals surface area contributed by atoms with Crippen LogP contribution in [0.4, 0.5) is 0 Å². The van der Waals surface area contributed by atoms with Gasteiger partial charge in [-0.05, 0) is 45.5 Å². The van der Waals surface area contributed by atoms with Crippen LogP contribution in [0.25, 0.3) is 27.5 Å². The minimum Gasteiger partial charge on any atom is -0.404 e. The van der Waals surface area contributed by atoms with Gasteiger partial charge in [-0.25, -0.2) is 9.98 Å². The first kappa shape index (κ1) is 25.1. The van der Waals surface area contributed by atoms with Gasteiger partial charge in [-0.1, -0.05) is 133 Å². The third-order valence-corrected chi connectivity index (χ3v) is 7.10. The maximum absolute atomic E-state index is 6.08. The Balaban J connectivity index is 1.45. The zero-order valence-electron chi connectivity index (χ0n) is 22.3. The van der Waals surface area contributed by atoms with E-state index < -0.39 is 0 Å². The van der Waals surface area contributed by atoms with E-state index >= 15 is 0 Å². The Morgan fingerprint density at radius 3 is 1.88 bits per heavy atom. The van der Waals surface area contributed by atoms with Crippen LogP contribution < -0.4 is 11.1 Å². The maximum atomic E-state index is 6.08. The van der Waals surface area contributed by atoms with E-state index in [2.05, 4.69) is 96.3 Å². The van der Waals surface area contributed by atoms with E-state index in [-0.39, 0.29) is 6.17 Å². The molecule has 5 aromatic rings. The number of nitrogens with one attached hydrogen (secondary N) is 1. The van der Waals surface area contributed by atoms with Gasteiger partial charge in [0.05, 0.1) is 0 Å². The quantitative estimate of drug-likeness (QED) is 0.225. The molecule has 0 aliphatic carbocycles. The van der Waals surface area contributed by atoms with Gasteiger partial charge in [0.2, 0.25) is 0 Å². The zero-order chi connectivity index (χ0) is 27.3. The van der Waals surface area contributed by atoms with E-state index in [9.17, 15) is 0 Å². The van der Waals surface area contributed by atoms with Crippen molar-refractivity contribution in [1.82, 2.24) is 5.32 Å². The van der Waals surface area contributed by atoms with Gasteiger partial charge in [0.15, 0.2) is 6.17 Å². The van der Waals surface area contributed by atoms with Crippen LogP contribution in [-0.2, 0) is 0 Å². The zero-order valence-corrected chi connectivity index (χ0v) is 22.3. The fourth-order valence-corrected chi connectivity index (χ4v) is 5.14. The molecule has 1 heterocycles. The van der Waals surface area contributed by atoms with E-state index in [0.717, 1.165) is 50.6 Å². The Kier molecular flexibility index (Phi) is 7.06. The van der Waals surface area contributed by atoms with Gasteiger partial charge >= 0.3 is 0 Å². The molecule has 4 heteroatoms. The average molecular weight is 519 g/mol. The van der Waals surface area contributed by atoms with Crippen molar-refractivity contribution in [3.8, 4) is 11.1 Å². The number of benzene rings is 5. The lowest BCUT2D eigenvalue weighted by molar-refractivity contribution is 0.756. The molecule has 0 spiro atoms. The largest absolute Gasteiger partial charge is 0.404 e. The Hall–Kier alpha value is -5.22. The van der Waals surface area contributed by atoms with Crippen LogP contribution in [0.15, 0.2) is 150 Å². The van der Waals surface area contributed by atoms with Crippen molar-refractivity contribution < 1.29 is 0 Å². The number of rotatable bonds is 6. The summed E-state index contributed by atoms with van der Waals surface area (Å²) in [6, 6.07) is 41.8. The molecule has 0 aromatic heterocycles. The van der Waals surface area contributed by atoms with Crippen LogP contribution in [0.5, 0.6) is 0 Å². The molecule has 0 unspecified atom stereocenters. The number of aliphatic imine (C=N–C) groups is 2. The lowest BCUT2D eigenvalue weighted by Gasteiger charge is -2.22. The summed E-state index contributed by atoms with van der Waals surface area (Å²) >= 11 is 0. The summed E-state index contributed by atoms with van der Waals surface area (Å²) in [7, 11) is 0. The third-order valence-electron chi connectivity index (χ3n) is 7.10. The van der Waals surface area contributed by atoms with Crippen LogP contribution in [0.2, 0.25) is 0 Å². The van der Waals surface area contributed by atoms with Crippen molar-refractivity contribution in [3.05, 3.63) is 162 Å². The lowest BCUT2D eigenvalue weighted by Crippen LogP contribution is -2.35. The van der Waals surface area contributed by atoms with Crippen LogP contribution in [0.3, 0.4) is 0 Å². The van der Waals surface area contributed by atoms with Gasteiger partial charge in [-0.2, -0.15) is 0 Å². The summed E-state index contributed by atoms with van der Waals surface area (Å²) in [5.74, 6) is 1.62. The summed E-state index contributed by atoms with van der Waals surface area (Å²) in [5, 5.41) is 5.83. The first-order chi connectivity index (χ1) is 19.7. The van der Waals surface area contributed by atoms with E-state index in [1.54, 1.807) is 6.20 Å². The predicted octanol–water partition coefficient (Wildman–Crippen LogP) is 7.88. The molecule has 5 aromatic carbocycles. The van der Waals surface area contributed by atoms with Crippen molar-refractivity contribution in [1.29, 1.82) is 0 Å². The fraction of sp³-hybridized carbons (Fsp3) is 0.0556. The highest BCUT2D eigenvalue weighted by Gasteiger charge is 2.21. The predicted molar refractivity (Wildman–Crippen MR) is 168 cm³/mol. The molecule has 0 radical (unpaired) electrons. The third kappa shape index (κ3) is 4.95. The number of hydrogen-bond donors (Lipinski definition) is 2. The van der Waals surface area contributed by atoms with Crippen molar-refractivity contribution in [2.45, 2.75) is 13.1 Å². The Labute approximate surface area is 234 Å². The molecule has 1 aliphatic heterocycles. The second kappa shape index (κ2) is 11.3. The lowest BCUT2D eigenvalue weighted by atomic mass is 9.89. The molecule has 0 atom stereocenters. The molecule has 0 saturated heterocycles. The average Bonchev–Trinajstić information content (AvgIpc) is 3.04. The van der Waals surface area contributed by atoms with Gasteiger partial charge in [0.25, 0.3) is 0 Å². The highest BCUT2D eigenvalue weighted by atomic mass is 15.2. The molecule has 4 nitrogen and oxygen atoms in total. The number of nitrogens with zero attached hydrogens (tertiary/aromatic N) is 2. The van der Waals surface area contributed by atoms with Crippen LogP contribution in [0, 0.1) is 0 Å². The molecule has 0 amide bonds. The molecular weight excluding hydrogens is 488 g/mol.